The van der Waals surface area contributed by atoms with Crippen LogP contribution in [0.25, 0.3) is 0 Å². The number of benzene rings is 1. The molecule has 1 N–H and O–H groups in total. The van der Waals surface area contributed by atoms with Crippen LogP contribution in [0.15, 0.2) is 24.3 Å². The minimum atomic E-state index is -0.840. The van der Waals surface area contributed by atoms with Gasteiger partial charge < -0.3 is 10.2 Å². The lowest BCUT2D eigenvalue weighted by atomic mass is 9.87. The zero-order chi connectivity index (χ0) is 18.7. The van der Waals surface area contributed by atoms with E-state index in [9.17, 15) is 9.59 Å². The minimum Gasteiger partial charge on any atom is -0.342 e. The molecule has 1 aromatic rings. The third-order valence-electron chi connectivity index (χ3n) is 4.88. The van der Waals surface area contributed by atoms with E-state index in [1.807, 2.05) is 29.2 Å². The molecule has 1 saturated carbocycles. The molecule has 2 rings (SSSR count). The van der Waals surface area contributed by atoms with E-state index in [0.29, 0.717) is 12.8 Å². The van der Waals surface area contributed by atoms with Crippen molar-refractivity contribution in [1.29, 1.82) is 0 Å². The predicted octanol–water partition coefficient (Wildman–Crippen LogP) is 4.35. The van der Waals surface area contributed by atoms with E-state index in [-0.39, 0.29) is 17.2 Å². The maximum atomic E-state index is 12.9. The third-order valence-corrected chi connectivity index (χ3v) is 4.88. The van der Waals surface area contributed by atoms with Gasteiger partial charge in [0, 0.05) is 18.8 Å². The van der Waals surface area contributed by atoms with Crippen molar-refractivity contribution in [1.82, 2.24) is 4.90 Å². The highest BCUT2D eigenvalue weighted by Gasteiger charge is 2.57. The molecule has 0 heterocycles. The SMILES string of the molecule is CCCN(CCC)C(=O)C1(C(=O)Nc2ccc(C(C)(C)C)cc2)CC1. The van der Waals surface area contributed by atoms with Gasteiger partial charge in [0.15, 0.2) is 0 Å². The maximum Gasteiger partial charge on any atom is 0.240 e. The van der Waals surface area contributed by atoms with Gasteiger partial charge in [0.1, 0.15) is 5.41 Å². The maximum absolute atomic E-state index is 12.9. The molecule has 1 aliphatic rings. The van der Waals surface area contributed by atoms with E-state index in [2.05, 4.69) is 39.9 Å². The van der Waals surface area contributed by atoms with Gasteiger partial charge in [0.25, 0.3) is 0 Å². The molecule has 0 unspecified atom stereocenters. The van der Waals surface area contributed by atoms with Crippen molar-refractivity contribution in [3.63, 3.8) is 0 Å². The minimum absolute atomic E-state index is 0.0000108. The van der Waals surface area contributed by atoms with Crippen LogP contribution in [0, 0.1) is 5.41 Å². The fourth-order valence-corrected chi connectivity index (χ4v) is 3.12. The summed E-state index contributed by atoms with van der Waals surface area (Å²) in [5, 5.41) is 2.96. The highest BCUT2D eigenvalue weighted by Crippen LogP contribution is 2.48. The summed E-state index contributed by atoms with van der Waals surface area (Å²) in [4.78, 5) is 27.5. The molecular formula is C21H32N2O2. The van der Waals surface area contributed by atoms with Crippen molar-refractivity contribution >= 4 is 17.5 Å². The Hall–Kier alpha value is -1.84. The van der Waals surface area contributed by atoms with Crippen LogP contribution < -0.4 is 5.32 Å². The Morgan fingerprint density at radius 3 is 1.96 bits per heavy atom. The van der Waals surface area contributed by atoms with Gasteiger partial charge in [-0.25, -0.2) is 0 Å². The second kappa shape index (κ2) is 7.59. The fourth-order valence-electron chi connectivity index (χ4n) is 3.12. The fraction of sp³-hybridized carbons (Fsp3) is 0.619. The van der Waals surface area contributed by atoms with Crippen LogP contribution in [0.1, 0.15) is 65.9 Å². The zero-order valence-corrected chi connectivity index (χ0v) is 16.3. The molecule has 0 radical (unpaired) electrons. The summed E-state index contributed by atoms with van der Waals surface area (Å²) in [5.41, 5.74) is 1.22. The van der Waals surface area contributed by atoms with Crippen LogP contribution in [0.3, 0.4) is 0 Å². The average molecular weight is 344 g/mol. The summed E-state index contributed by atoms with van der Waals surface area (Å²) in [6, 6.07) is 7.93. The van der Waals surface area contributed by atoms with Crippen molar-refractivity contribution in [3.8, 4) is 0 Å². The standard InChI is InChI=1S/C21H32N2O2/c1-6-14-23(15-7-2)19(25)21(12-13-21)18(24)22-17-10-8-16(9-11-17)20(3,4)5/h8-11H,6-7,12-15H2,1-5H3,(H,22,24). The Morgan fingerprint density at radius 1 is 1.04 bits per heavy atom. The molecule has 0 aromatic heterocycles. The van der Waals surface area contributed by atoms with E-state index < -0.39 is 5.41 Å². The number of carbonyl (C=O) groups excluding carboxylic acids is 2. The van der Waals surface area contributed by atoms with Crippen LogP contribution in [0.5, 0.6) is 0 Å². The van der Waals surface area contributed by atoms with Crippen LogP contribution in [0.2, 0.25) is 0 Å². The molecule has 0 bridgehead atoms. The summed E-state index contributed by atoms with van der Waals surface area (Å²) in [5.74, 6) is -0.154. The molecule has 0 spiro atoms. The molecule has 0 aliphatic heterocycles. The van der Waals surface area contributed by atoms with Gasteiger partial charge in [0.05, 0.1) is 0 Å². The summed E-state index contributed by atoms with van der Waals surface area (Å²) in [6.07, 6.45) is 3.14. The second-order valence-electron chi connectivity index (χ2n) is 8.16. The Labute approximate surface area is 152 Å². The van der Waals surface area contributed by atoms with Gasteiger partial charge in [0.2, 0.25) is 11.8 Å². The zero-order valence-electron chi connectivity index (χ0n) is 16.3. The quantitative estimate of drug-likeness (QED) is 0.748. The van der Waals surface area contributed by atoms with E-state index >= 15 is 0 Å². The van der Waals surface area contributed by atoms with Crippen LogP contribution in [-0.4, -0.2) is 29.8 Å². The summed E-state index contributed by atoms with van der Waals surface area (Å²) >= 11 is 0. The number of hydrogen-bond acceptors (Lipinski definition) is 2. The number of hydrogen-bond donors (Lipinski definition) is 1. The first-order valence-electron chi connectivity index (χ1n) is 9.46. The second-order valence-corrected chi connectivity index (χ2v) is 8.16. The normalized spacial score (nSPS) is 15.6. The molecule has 4 nitrogen and oxygen atoms in total. The lowest BCUT2D eigenvalue weighted by Crippen LogP contribution is -2.43. The number of anilines is 1. The van der Waals surface area contributed by atoms with Gasteiger partial charge in [-0.05, 0) is 48.8 Å². The monoisotopic (exact) mass is 344 g/mol. The number of nitrogens with one attached hydrogen (secondary N) is 1. The number of rotatable bonds is 7. The molecule has 138 valence electrons. The van der Waals surface area contributed by atoms with Crippen LogP contribution >= 0.6 is 0 Å². The van der Waals surface area contributed by atoms with Gasteiger partial charge >= 0.3 is 0 Å². The molecule has 2 amide bonds. The first kappa shape index (κ1) is 19.5. The van der Waals surface area contributed by atoms with E-state index in [0.717, 1.165) is 31.6 Å². The third kappa shape index (κ3) is 4.42. The molecule has 25 heavy (non-hydrogen) atoms. The van der Waals surface area contributed by atoms with E-state index in [1.165, 1.54) is 5.56 Å². The first-order valence-corrected chi connectivity index (χ1v) is 9.46. The molecule has 1 aromatic carbocycles. The Morgan fingerprint density at radius 2 is 1.56 bits per heavy atom. The largest absolute Gasteiger partial charge is 0.342 e. The molecule has 0 saturated heterocycles. The smallest absolute Gasteiger partial charge is 0.240 e. The van der Waals surface area contributed by atoms with E-state index in [4.69, 9.17) is 0 Å². The topological polar surface area (TPSA) is 49.4 Å². The predicted molar refractivity (Wildman–Crippen MR) is 103 cm³/mol. The van der Waals surface area contributed by atoms with Crippen molar-refractivity contribution in [2.45, 2.75) is 65.7 Å². The molecule has 1 aliphatic carbocycles. The van der Waals surface area contributed by atoms with E-state index in [1.54, 1.807) is 0 Å². The van der Waals surface area contributed by atoms with Crippen LogP contribution in [0.4, 0.5) is 5.69 Å². The van der Waals surface area contributed by atoms with Gasteiger partial charge in [-0.15, -0.1) is 0 Å². The Balaban J connectivity index is 2.08. The summed E-state index contributed by atoms with van der Waals surface area (Å²) in [7, 11) is 0. The number of carbonyl (C=O) groups is 2. The van der Waals surface area contributed by atoms with Crippen LogP contribution in [-0.2, 0) is 15.0 Å². The van der Waals surface area contributed by atoms with Crippen molar-refractivity contribution in [2.24, 2.45) is 5.41 Å². The number of amides is 2. The lowest BCUT2D eigenvalue weighted by molar-refractivity contribution is -0.142. The first-order chi connectivity index (χ1) is 11.7. The highest BCUT2D eigenvalue weighted by molar-refractivity contribution is 6.13. The van der Waals surface area contributed by atoms with Gasteiger partial charge in [-0.2, -0.15) is 0 Å². The van der Waals surface area contributed by atoms with Crippen molar-refractivity contribution in [2.75, 3.05) is 18.4 Å². The highest BCUT2D eigenvalue weighted by atomic mass is 16.2. The van der Waals surface area contributed by atoms with Crippen molar-refractivity contribution < 1.29 is 9.59 Å². The van der Waals surface area contributed by atoms with Gasteiger partial charge in [-0.1, -0.05) is 46.8 Å². The molecule has 0 atom stereocenters. The Kier molecular flexibility index (Phi) is 5.91. The average Bonchev–Trinajstić information content (AvgIpc) is 3.35. The molecule has 1 fully saturated rings. The molecule has 4 heteroatoms. The number of nitrogens with zero attached hydrogens (tertiary/aromatic N) is 1. The summed E-state index contributed by atoms with van der Waals surface area (Å²) in [6.45, 7) is 12.1. The van der Waals surface area contributed by atoms with Gasteiger partial charge in [-0.3, -0.25) is 9.59 Å². The summed E-state index contributed by atoms with van der Waals surface area (Å²) < 4.78 is 0. The Bertz CT molecular complexity index is 604. The molecular weight excluding hydrogens is 312 g/mol. The lowest BCUT2D eigenvalue weighted by Gasteiger charge is -2.26. The van der Waals surface area contributed by atoms with Crippen molar-refractivity contribution in [3.05, 3.63) is 29.8 Å².